The maximum atomic E-state index is 13.2. The van der Waals surface area contributed by atoms with Crippen LogP contribution in [0.3, 0.4) is 0 Å². The molecule has 0 heterocycles. The highest BCUT2D eigenvalue weighted by atomic mass is 19.1. The minimum absolute atomic E-state index is 0.237. The van der Waals surface area contributed by atoms with Gasteiger partial charge in [0, 0.05) is 11.4 Å². The predicted octanol–water partition coefficient (Wildman–Crippen LogP) is 4.55. The van der Waals surface area contributed by atoms with E-state index in [-0.39, 0.29) is 5.92 Å². The average molecular weight is 342 g/mol. The van der Waals surface area contributed by atoms with Gasteiger partial charge in [0.25, 0.3) is 0 Å². The van der Waals surface area contributed by atoms with Gasteiger partial charge in [0.1, 0.15) is 11.2 Å². The first kappa shape index (κ1) is 18.6. The summed E-state index contributed by atoms with van der Waals surface area (Å²) in [6, 6.07) is 13.1. The first-order valence-corrected chi connectivity index (χ1v) is 8.19. The Labute approximate surface area is 147 Å². The van der Waals surface area contributed by atoms with Gasteiger partial charge in [-0.1, -0.05) is 38.1 Å². The normalized spacial score (nSPS) is 11.3. The summed E-state index contributed by atoms with van der Waals surface area (Å²) in [5.41, 5.74) is 0.677. The Kier molecular flexibility index (Phi) is 5.57. The van der Waals surface area contributed by atoms with Crippen LogP contribution in [0.25, 0.3) is 0 Å². The number of rotatable bonds is 5. The Hall–Kier alpha value is -2.69. The zero-order valence-corrected chi connectivity index (χ0v) is 14.9. The molecule has 4 nitrogen and oxygen atoms in total. The van der Waals surface area contributed by atoms with Gasteiger partial charge in [-0.25, -0.2) is 4.39 Å². The van der Waals surface area contributed by atoms with E-state index < -0.39 is 23.0 Å². The lowest BCUT2D eigenvalue weighted by Gasteiger charge is -2.24. The van der Waals surface area contributed by atoms with Crippen molar-refractivity contribution in [2.24, 2.45) is 5.41 Å². The van der Waals surface area contributed by atoms with Crippen molar-refractivity contribution in [3.05, 3.63) is 59.9 Å². The highest BCUT2D eigenvalue weighted by Crippen LogP contribution is 2.27. The molecule has 0 aliphatic rings. The second-order valence-corrected chi connectivity index (χ2v) is 6.79. The van der Waals surface area contributed by atoms with Crippen LogP contribution in [-0.4, -0.2) is 11.8 Å². The highest BCUT2D eigenvalue weighted by molar-refractivity contribution is 6.14. The number of halogens is 1. The molecule has 0 aromatic heterocycles. The van der Waals surface area contributed by atoms with Gasteiger partial charge in [-0.3, -0.25) is 9.59 Å². The van der Waals surface area contributed by atoms with Crippen LogP contribution in [0.2, 0.25) is 0 Å². The van der Waals surface area contributed by atoms with Crippen molar-refractivity contribution in [2.75, 3.05) is 10.6 Å². The summed E-state index contributed by atoms with van der Waals surface area (Å²) in [4.78, 5) is 25.2. The monoisotopic (exact) mass is 342 g/mol. The SMILES string of the molecule is CC(C)c1ccccc1NC(=O)C(C)(C)C(=O)Nc1cccc(F)c1. The molecule has 0 saturated carbocycles. The van der Waals surface area contributed by atoms with Crippen LogP contribution in [0.1, 0.15) is 39.2 Å². The number of amides is 2. The van der Waals surface area contributed by atoms with Crippen molar-refractivity contribution in [2.45, 2.75) is 33.6 Å². The number of para-hydroxylation sites is 1. The van der Waals surface area contributed by atoms with Crippen molar-refractivity contribution >= 4 is 23.2 Å². The van der Waals surface area contributed by atoms with Crippen molar-refractivity contribution in [1.82, 2.24) is 0 Å². The molecule has 2 aromatic rings. The predicted molar refractivity (Wildman–Crippen MR) is 98.0 cm³/mol. The molecule has 0 radical (unpaired) electrons. The van der Waals surface area contributed by atoms with Crippen LogP contribution in [-0.2, 0) is 9.59 Å². The van der Waals surface area contributed by atoms with Crippen LogP contribution < -0.4 is 10.6 Å². The molecule has 0 unspecified atom stereocenters. The van der Waals surface area contributed by atoms with Crippen molar-refractivity contribution < 1.29 is 14.0 Å². The number of nitrogens with one attached hydrogen (secondary N) is 2. The van der Waals surface area contributed by atoms with Gasteiger partial charge in [0.2, 0.25) is 11.8 Å². The van der Waals surface area contributed by atoms with E-state index in [0.29, 0.717) is 11.4 Å². The Bertz CT molecular complexity index is 785. The third kappa shape index (κ3) is 4.44. The van der Waals surface area contributed by atoms with Gasteiger partial charge in [0.15, 0.2) is 0 Å². The quantitative estimate of drug-likeness (QED) is 0.783. The standard InChI is InChI=1S/C20H23FN2O2/c1-13(2)16-10-5-6-11-17(16)23-19(25)20(3,4)18(24)22-15-9-7-8-14(21)12-15/h5-13H,1-4H3,(H,22,24)(H,23,25). The molecule has 0 aliphatic carbocycles. The molecule has 0 aliphatic heterocycles. The number of hydrogen-bond donors (Lipinski definition) is 2. The molecule has 132 valence electrons. The number of benzene rings is 2. The van der Waals surface area contributed by atoms with Gasteiger partial charge in [0.05, 0.1) is 0 Å². The van der Waals surface area contributed by atoms with Crippen molar-refractivity contribution in [3.63, 3.8) is 0 Å². The van der Waals surface area contributed by atoms with E-state index in [2.05, 4.69) is 10.6 Å². The van der Waals surface area contributed by atoms with Crippen molar-refractivity contribution in [3.8, 4) is 0 Å². The fourth-order valence-electron chi connectivity index (χ4n) is 2.35. The van der Waals surface area contributed by atoms with Crippen LogP contribution >= 0.6 is 0 Å². The fraction of sp³-hybridized carbons (Fsp3) is 0.300. The summed E-state index contributed by atoms with van der Waals surface area (Å²) in [6.45, 7) is 7.14. The van der Waals surface area contributed by atoms with Crippen LogP contribution in [0.5, 0.6) is 0 Å². The van der Waals surface area contributed by atoms with Crippen LogP contribution in [0.4, 0.5) is 15.8 Å². The van der Waals surface area contributed by atoms with Crippen LogP contribution in [0, 0.1) is 11.2 Å². The molecule has 2 N–H and O–H groups in total. The molecular weight excluding hydrogens is 319 g/mol. The summed E-state index contributed by atoms with van der Waals surface area (Å²) in [7, 11) is 0. The summed E-state index contributed by atoms with van der Waals surface area (Å²) in [6.07, 6.45) is 0. The second-order valence-electron chi connectivity index (χ2n) is 6.79. The number of carbonyl (C=O) groups is 2. The molecule has 0 fully saturated rings. The Morgan fingerprint density at radius 3 is 2.24 bits per heavy atom. The van der Waals surface area contributed by atoms with Gasteiger partial charge >= 0.3 is 0 Å². The zero-order valence-electron chi connectivity index (χ0n) is 14.9. The van der Waals surface area contributed by atoms with E-state index >= 15 is 0 Å². The van der Waals surface area contributed by atoms with E-state index in [1.165, 1.54) is 32.0 Å². The van der Waals surface area contributed by atoms with E-state index in [4.69, 9.17) is 0 Å². The highest BCUT2D eigenvalue weighted by Gasteiger charge is 2.36. The summed E-state index contributed by atoms with van der Waals surface area (Å²) >= 11 is 0. The van der Waals surface area contributed by atoms with E-state index in [1.54, 1.807) is 6.07 Å². The smallest absolute Gasteiger partial charge is 0.239 e. The maximum Gasteiger partial charge on any atom is 0.239 e. The molecule has 2 amide bonds. The Morgan fingerprint density at radius 1 is 0.960 bits per heavy atom. The summed E-state index contributed by atoms with van der Waals surface area (Å²) in [5, 5.41) is 5.42. The van der Waals surface area contributed by atoms with Gasteiger partial charge in [-0.05, 0) is 49.6 Å². The third-order valence-electron chi connectivity index (χ3n) is 4.05. The molecule has 2 aromatic carbocycles. The number of carbonyl (C=O) groups excluding carboxylic acids is 2. The molecule has 5 heteroatoms. The Morgan fingerprint density at radius 2 is 1.60 bits per heavy atom. The molecule has 2 rings (SSSR count). The molecule has 0 spiro atoms. The van der Waals surface area contributed by atoms with Crippen LogP contribution in [0.15, 0.2) is 48.5 Å². The van der Waals surface area contributed by atoms with Gasteiger partial charge in [-0.15, -0.1) is 0 Å². The summed E-state index contributed by atoms with van der Waals surface area (Å²) in [5.74, 6) is -1.14. The maximum absolute atomic E-state index is 13.2. The lowest BCUT2D eigenvalue weighted by molar-refractivity contribution is -0.135. The fourth-order valence-corrected chi connectivity index (χ4v) is 2.35. The molecule has 0 atom stereocenters. The average Bonchev–Trinajstić information content (AvgIpc) is 2.55. The lowest BCUT2D eigenvalue weighted by Crippen LogP contribution is -2.41. The lowest BCUT2D eigenvalue weighted by atomic mass is 9.90. The van der Waals surface area contributed by atoms with Gasteiger partial charge in [-0.2, -0.15) is 0 Å². The van der Waals surface area contributed by atoms with E-state index in [0.717, 1.165) is 5.56 Å². The summed E-state index contributed by atoms with van der Waals surface area (Å²) < 4.78 is 13.2. The Balaban J connectivity index is 2.15. The minimum atomic E-state index is -1.32. The molecule has 0 saturated heterocycles. The largest absolute Gasteiger partial charge is 0.325 e. The molecule has 0 bridgehead atoms. The topological polar surface area (TPSA) is 58.2 Å². The minimum Gasteiger partial charge on any atom is -0.325 e. The van der Waals surface area contributed by atoms with E-state index in [9.17, 15) is 14.0 Å². The van der Waals surface area contributed by atoms with Gasteiger partial charge < -0.3 is 10.6 Å². The molecule has 25 heavy (non-hydrogen) atoms. The first-order chi connectivity index (χ1) is 11.7. The zero-order chi connectivity index (χ0) is 18.6. The number of anilines is 2. The van der Waals surface area contributed by atoms with E-state index in [1.807, 2.05) is 38.1 Å². The first-order valence-electron chi connectivity index (χ1n) is 8.19. The molecular formula is C20H23FN2O2. The second kappa shape index (κ2) is 7.47. The third-order valence-corrected chi connectivity index (χ3v) is 4.05. The van der Waals surface area contributed by atoms with Crippen molar-refractivity contribution in [1.29, 1.82) is 0 Å². The number of hydrogen-bond acceptors (Lipinski definition) is 2.